The minimum absolute atomic E-state index is 0.0324. The number of carbonyl (C=O) groups excluding carboxylic acids is 1. The van der Waals surface area contributed by atoms with Crippen LogP contribution in [-0.2, 0) is 9.53 Å². The molecule has 0 N–H and O–H groups in total. The van der Waals surface area contributed by atoms with Gasteiger partial charge in [0.25, 0.3) is 0 Å². The van der Waals surface area contributed by atoms with Gasteiger partial charge in [-0.25, -0.2) is 0 Å². The zero-order valence-corrected chi connectivity index (χ0v) is 14.1. The Bertz CT molecular complexity index is 296. The van der Waals surface area contributed by atoms with Gasteiger partial charge in [0.2, 0.25) is 0 Å². The van der Waals surface area contributed by atoms with E-state index >= 15 is 0 Å². The van der Waals surface area contributed by atoms with Gasteiger partial charge in [0.1, 0.15) is 0 Å². The van der Waals surface area contributed by atoms with Gasteiger partial charge in [-0.15, -0.1) is 0 Å². The van der Waals surface area contributed by atoms with E-state index in [1.165, 1.54) is 38.5 Å². The number of hydrogen-bond donors (Lipinski definition) is 0. The lowest BCUT2D eigenvalue weighted by Gasteiger charge is -2.02. The fourth-order valence-corrected chi connectivity index (χ4v) is 2.83. The number of rotatable bonds is 13. The molecule has 1 aliphatic rings. The highest BCUT2D eigenvalue weighted by atomic mass is 16.5. The molecule has 21 heavy (non-hydrogen) atoms. The average molecular weight is 294 g/mol. The van der Waals surface area contributed by atoms with Gasteiger partial charge in [0.15, 0.2) is 0 Å². The van der Waals surface area contributed by atoms with Crippen LogP contribution in [0.2, 0.25) is 0 Å². The van der Waals surface area contributed by atoms with Crippen molar-refractivity contribution in [3.05, 3.63) is 12.2 Å². The minimum Gasteiger partial charge on any atom is -0.465 e. The maximum absolute atomic E-state index is 11.4. The summed E-state index contributed by atoms with van der Waals surface area (Å²) >= 11 is 0. The number of carbonyl (C=O) groups is 1. The topological polar surface area (TPSA) is 26.3 Å². The van der Waals surface area contributed by atoms with Crippen LogP contribution in [0.3, 0.4) is 0 Å². The molecule has 0 spiro atoms. The van der Waals surface area contributed by atoms with E-state index in [1.807, 2.05) is 0 Å². The van der Waals surface area contributed by atoms with E-state index in [0.29, 0.717) is 13.0 Å². The van der Waals surface area contributed by atoms with Crippen LogP contribution >= 0.6 is 0 Å². The van der Waals surface area contributed by atoms with E-state index in [1.54, 1.807) is 0 Å². The molecule has 0 bridgehead atoms. The van der Waals surface area contributed by atoms with Crippen molar-refractivity contribution in [1.29, 1.82) is 0 Å². The van der Waals surface area contributed by atoms with E-state index < -0.39 is 0 Å². The van der Waals surface area contributed by atoms with Crippen molar-refractivity contribution in [2.45, 2.75) is 84.5 Å². The Morgan fingerprint density at radius 1 is 1.05 bits per heavy atom. The Balaban J connectivity index is 1.88. The van der Waals surface area contributed by atoms with Crippen LogP contribution < -0.4 is 0 Å². The molecule has 0 heterocycles. The SMILES string of the molecule is CCCCCC(=O)OCC/C=C\CC1CC1CCCCC. The molecule has 2 nitrogen and oxygen atoms in total. The highest BCUT2D eigenvalue weighted by molar-refractivity contribution is 5.69. The smallest absolute Gasteiger partial charge is 0.305 e. The molecule has 0 aromatic rings. The van der Waals surface area contributed by atoms with Gasteiger partial charge in [-0.2, -0.15) is 0 Å². The van der Waals surface area contributed by atoms with E-state index in [2.05, 4.69) is 26.0 Å². The number of esters is 1. The maximum Gasteiger partial charge on any atom is 0.305 e. The van der Waals surface area contributed by atoms with Gasteiger partial charge in [0.05, 0.1) is 6.61 Å². The van der Waals surface area contributed by atoms with Gasteiger partial charge in [-0.05, 0) is 37.5 Å². The molecule has 2 unspecified atom stereocenters. The number of unbranched alkanes of at least 4 members (excludes halogenated alkanes) is 4. The molecule has 2 atom stereocenters. The molecule has 1 rings (SSSR count). The van der Waals surface area contributed by atoms with Crippen molar-refractivity contribution < 1.29 is 9.53 Å². The fourth-order valence-electron chi connectivity index (χ4n) is 2.83. The van der Waals surface area contributed by atoms with Crippen LogP contribution in [0.1, 0.15) is 84.5 Å². The Morgan fingerprint density at radius 3 is 2.57 bits per heavy atom. The molecule has 1 fully saturated rings. The van der Waals surface area contributed by atoms with E-state index in [0.717, 1.165) is 37.5 Å². The first-order valence-electron chi connectivity index (χ1n) is 9.08. The number of ether oxygens (including phenoxy) is 1. The Hall–Kier alpha value is -0.790. The van der Waals surface area contributed by atoms with Crippen molar-refractivity contribution in [3.63, 3.8) is 0 Å². The molecule has 0 aromatic heterocycles. The van der Waals surface area contributed by atoms with Crippen molar-refractivity contribution >= 4 is 5.97 Å². The third-order valence-electron chi connectivity index (χ3n) is 4.39. The van der Waals surface area contributed by atoms with Gasteiger partial charge >= 0.3 is 5.97 Å². The van der Waals surface area contributed by atoms with E-state index in [-0.39, 0.29) is 5.97 Å². The Labute approximate surface area is 131 Å². The average Bonchev–Trinajstić information content (AvgIpc) is 3.22. The summed E-state index contributed by atoms with van der Waals surface area (Å²) in [4.78, 5) is 11.4. The van der Waals surface area contributed by atoms with Crippen LogP contribution in [0.5, 0.6) is 0 Å². The molecule has 1 saturated carbocycles. The summed E-state index contributed by atoms with van der Waals surface area (Å²) in [5, 5.41) is 0. The van der Waals surface area contributed by atoms with Crippen molar-refractivity contribution in [3.8, 4) is 0 Å². The van der Waals surface area contributed by atoms with Crippen LogP contribution in [-0.4, -0.2) is 12.6 Å². The second kappa shape index (κ2) is 11.8. The maximum atomic E-state index is 11.4. The predicted octanol–water partition coefficient (Wildman–Crippen LogP) is 5.66. The molecule has 0 radical (unpaired) electrons. The lowest BCUT2D eigenvalue weighted by atomic mass is 10.1. The summed E-state index contributed by atoms with van der Waals surface area (Å²) in [7, 11) is 0. The molecule has 0 aromatic carbocycles. The molecule has 0 aliphatic heterocycles. The first-order valence-corrected chi connectivity index (χ1v) is 9.08. The first-order chi connectivity index (χ1) is 10.3. The fraction of sp³-hybridized carbons (Fsp3) is 0.842. The van der Waals surface area contributed by atoms with Crippen molar-refractivity contribution in [2.75, 3.05) is 6.61 Å². The molecule has 2 heteroatoms. The third kappa shape index (κ3) is 9.71. The number of hydrogen-bond acceptors (Lipinski definition) is 2. The van der Waals surface area contributed by atoms with Crippen molar-refractivity contribution in [1.82, 2.24) is 0 Å². The van der Waals surface area contributed by atoms with Gasteiger partial charge < -0.3 is 4.74 Å². The van der Waals surface area contributed by atoms with Gasteiger partial charge in [-0.3, -0.25) is 4.79 Å². The lowest BCUT2D eigenvalue weighted by Crippen LogP contribution is -2.04. The Kier molecular flexibility index (Phi) is 10.3. The second-order valence-electron chi connectivity index (χ2n) is 6.43. The zero-order valence-electron chi connectivity index (χ0n) is 14.1. The first kappa shape index (κ1) is 18.3. The van der Waals surface area contributed by atoms with Crippen LogP contribution in [0.25, 0.3) is 0 Å². The van der Waals surface area contributed by atoms with Crippen LogP contribution in [0.4, 0.5) is 0 Å². The standard InChI is InChI=1S/C19H34O2/c1-3-5-8-12-17-16-18(17)13-10-7-11-15-21-19(20)14-9-6-4-2/h7,10,17-18H,3-6,8-9,11-16H2,1-2H3/b10-7-. The molecular weight excluding hydrogens is 260 g/mol. The highest BCUT2D eigenvalue weighted by Crippen LogP contribution is 2.44. The summed E-state index contributed by atoms with van der Waals surface area (Å²) in [6, 6.07) is 0. The van der Waals surface area contributed by atoms with Crippen LogP contribution in [0.15, 0.2) is 12.2 Å². The van der Waals surface area contributed by atoms with Crippen LogP contribution in [0, 0.1) is 11.8 Å². The van der Waals surface area contributed by atoms with E-state index in [9.17, 15) is 4.79 Å². The summed E-state index contributed by atoms with van der Waals surface area (Å²) in [5.41, 5.74) is 0. The molecular formula is C19H34O2. The van der Waals surface area contributed by atoms with Crippen molar-refractivity contribution in [2.24, 2.45) is 11.8 Å². The summed E-state index contributed by atoms with van der Waals surface area (Å²) < 4.78 is 5.21. The third-order valence-corrected chi connectivity index (χ3v) is 4.39. The quantitative estimate of drug-likeness (QED) is 0.249. The van der Waals surface area contributed by atoms with Gasteiger partial charge in [-0.1, -0.05) is 64.5 Å². The minimum atomic E-state index is -0.0324. The predicted molar refractivity (Wildman–Crippen MR) is 89.2 cm³/mol. The second-order valence-corrected chi connectivity index (χ2v) is 6.43. The Morgan fingerprint density at radius 2 is 1.81 bits per heavy atom. The summed E-state index contributed by atoms with van der Waals surface area (Å²) in [6.45, 7) is 4.96. The highest BCUT2D eigenvalue weighted by Gasteiger charge is 2.34. The van der Waals surface area contributed by atoms with E-state index in [4.69, 9.17) is 4.74 Å². The normalized spacial score (nSPS) is 20.9. The molecule has 122 valence electrons. The molecule has 0 amide bonds. The number of allylic oxidation sites excluding steroid dienone is 1. The molecule has 1 aliphatic carbocycles. The summed E-state index contributed by atoms with van der Waals surface area (Å²) in [6.07, 6.45) is 17.4. The molecule has 0 saturated heterocycles. The summed E-state index contributed by atoms with van der Waals surface area (Å²) in [5.74, 6) is 1.90. The zero-order chi connectivity index (χ0) is 15.3. The monoisotopic (exact) mass is 294 g/mol. The lowest BCUT2D eigenvalue weighted by molar-refractivity contribution is -0.143. The van der Waals surface area contributed by atoms with Gasteiger partial charge in [0, 0.05) is 6.42 Å². The largest absolute Gasteiger partial charge is 0.465 e.